The van der Waals surface area contributed by atoms with Crippen LogP contribution in [0.3, 0.4) is 0 Å². The summed E-state index contributed by atoms with van der Waals surface area (Å²) in [6.07, 6.45) is 2.87. The van der Waals surface area contributed by atoms with Gasteiger partial charge in [-0.1, -0.05) is 0 Å². The van der Waals surface area contributed by atoms with Crippen molar-refractivity contribution in [2.45, 2.75) is 13.5 Å². The summed E-state index contributed by atoms with van der Waals surface area (Å²) >= 11 is 0. The first kappa shape index (κ1) is 11.9. The molecule has 0 radical (unpaired) electrons. The molecule has 3 N–H and O–H groups in total. The number of hydrogen-bond donors (Lipinski definition) is 3. The van der Waals surface area contributed by atoms with Crippen LogP contribution in [0.4, 0.5) is 5.82 Å². The second-order valence-corrected chi connectivity index (χ2v) is 3.61. The van der Waals surface area contributed by atoms with E-state index in [1.54, 1.807) is 6.92 Å². The van der Waals surface area contributed by atoms with E-state index in [1.165, 1.54) is 18.5 Å². The Morgan fingerprint density at radius 1 is 1.61 bits per heavy atom. The topological polar surface area (TPSA) is 108 Å². The second-order valence-electron chi connectivity index (χ2n) is 3.61. The zero-order valence-corrected chi connectivity index (χ0v) is 9.56. The molecule has 0 aromatic carbocycles. The van der Waals surface area contributed by atoms with E-state index in [9.17, 15) is 9.59 Å². The number of carbonyl (C=O) groups is 1. The van der Waals surface area contributed by atoms with Gasteiger partial charge in [0.05, 0.1) is 6.54 Å². The molecule has 2 aromatic heterocycles. The molecule has 0 amide bonds. The van der Waals surface area contributed by atoms with Crippen molar-refractivity contribution in [3.63, 3.8) is 0 Å². The van der Waals surface area contributed by atoms with Crippen LogP contribution in [-0.4, -0.2) is 21.0 Å². The number of carboxylic acid groups (broad SMARTS) is 1. The van der Waals surface area contributed by atoms with E-state index in [1.807, 2.05) is 0 Å². The van der Waals surface area contributed by atoms with Crippen LogP contribution in [0.2, 0.25) is 0 Å². The number of furan rings is 1. The average Bonchev–Trinajstić information content (AvgIpc) is 2.70. The lowest BCUT2D eigenvalue weighted by Gasteiger charge is -2.00. The Bertz CT molecular complexity index is 629. The first-order chi connectivity index (χ1) is 8.58. The number of nitrogens with one attached hydrogen (secondary N) is 2. The van der Waals surface area contributed by atoms with Gasteiger partial charge in [-0.15, -0.1) is 0 Å². The number of anilines is 1. The molecule has 0 fully saturated rings. The number of nitrogens with zero attached hydrogens (tertiary/aromatic N) is 1. The zero-order valence-electron chi connectivity index (χ0n) is 9.56. The maximum atomic E-state index is 11.3. The number of H-pyrrole nitrogens is 1. The van der Waals surface area contributed by atoms with Gasteiger partial charge in [0.2, 0.25) is 0 Å². The molecule has 0 bridgehead atoms. The van der Waals surface area contributed by atoms with Crippen LogP contribution in [0.25, 0.3) is 0 Å². The Hall–Kier alpha value is -2.57. The number of carboxylic acids is 1. The van der Waals surface area contributed by atoms with Gasteiger partial charge < -0.3 is 19.8 Å². The largest absolute Gasteiger partial charge is 0.478 e. The molecule has 7 nitrogen and oxygen atoms in total. The molecule has 0 aliphatic carbocycles. The van der Waals surface area contributed by atoms with Crippen molar-refractivity contribution in [1.29, 1.82) is 0 Å². The fraction of sp³-hybridized carbons (Fsp3) is 0.182. The summed E-state index contributed by atoms with van der Waals surface area (Å²) in [6, 6.07) is 1.42. The highest BCUT2D eigenvalue weighted by Crippen LogP contribution is 2.15. The summed E-state index contributed by atoms with van der Waals surface area (Å²) in [5, 5.41) is 11.6. The van der Waals surface area contributed by atoms with E-state index in [2.05, 4.69) is 15.3 Å². The van der Waals surface area contributed by atoms with Crippen molar-refractivity contribution in [2.24, 2.45) is 0 Å². The Morgan fingerprint density at radius 2 is 2.39 bits per heavy atom. The Balaban J connectivity index is 2.12. The standard InChI is InChI=1S/C11H11N3O4/c1-6-8(11(16)17)4-7(18-6)5-14-9-10(15)13-3-2-12-9/h2-4H,5H2,1H3,(H,12,14)(H,13,15)(H,16,17). The van der Waals surface area contributed by atoms with Crippen molar-refractivity contribution in [3.8, 4) is 0 Å². The monoisotopic (exact) mass is 249 g/mol. The smallest absolute Gasteiger partial charge is 0.339 e. The summed E-state index contributed by atoms with van der Waals surface area (Å²) in [5.41, 5.74) is -0.235. The number of aryl methyl sites for hydroxylation is 1. The van der Waals surface area contributed by atoms with Gasteiger partial charge >= 0.3 is 5.97 Å². The van der Waals surface area contributed by atoms with Gasteiger partial charge in [-0.2, -0.15) is 0 Å². The van der Waals surface area contributed by atoms with Gasteiger partial charge in [0.1, 0.15) is 17.1 Å². The van der Waals surface area contributed by atoms with Crippen LogP contribution in [-0.2, 0) is 6.54 Å². The Kier molecular flexibility index (Phi) is 3.13. The fourth-order valence-corrected chi connectivity index (χ4v) is 1.49. The third kappa shape index (κ3) is 2.40. The number of hydrogen-bond acceptors (Lipinski definition) is 5. The number of rotatable bonds is 4. The third-order valence-electron chi connectivity index (χ3n) is 2.34. The lowest BCUT2D eigenvalue weighted by atomic mass is 10.2. The molecule has 18 heavy (non-hydrogen) atoms. The minimum atomic E-state index is -1.04. The van der Waals surface area contributed by atoms with Crippen LogP contribution in [0.15, 0.2) is 27.7 Å². The van der Waals surface area contributed by atoms with E-state index in [0.29, 0.717) is 11.5 Å². The number of aromatic nitrogens is 2. The molecule has 0 spiro atoms. The van der Waals surface area contributed by atoms with E-state index < -0.39 is 5.97 Å². The summed E-state index contributed by atoms with van der Waals surface area (Å²) in [4.78, 5) is 28.4. The van der Waals surface area contributed by atoms with Crippen molar-refractivity contribution >= 4 is 11.8 Å². The summed E-state index contributed by atoms with van der Waals surface area (Å²) in [6.45, 7) is 1.76. The molecule has 7 heteroatoms. The fourth-order valence-electron chi connectivity index (χ4n) is 1.49. The molecule has 0 aliphatic rings. The van der Waals surface area contributed by atoms with Crippen molar-refractivity contribution in [1.82, 2.24) is 9.97 Å². The van der Waals surface area contributed by atoms with Crippen molar-refractivity contribution in [3.05, 3.63) is 45.9 Å². The predicted molar refractivity (Wildman–Crippen MR) is 62.6 cm³/mol. The van der Waals surface area contributed by atoms with Crippen molar-refractivity contribution in [2.75, 3.05) is 5.32 Å². The maximum Gasteiger partial charge on any atom is 0.339 e. The van der Waals surface area contributed by atoms with Crippen LogP contribution >= 0.6 is 0 Å². The lowest BCUT2D eigenvalue weighted by molar-refractivity contribution is 0.0695. The van der Waals surface area contributed by atoms with Gasteiger partial charge in [0.15, 0.2) is 5.82 Å². The second kappa shape index (κ2) is 4.74. The van der Waals surface area contributed by atoms with E-state index in [4.69, 9.17) is 9.52 Å². The van der Waals surface area contributed by atoms with E-state index in [0.717, 1.165) is 0 Å². The first-order valence-electron chi connectivity index (χ1n) is 5.18. The highest BCUT2D eigenvalue weighted by molar-refractivity contribution is 5.88. The first-order valence-corrected chi connectivity index (χ1v) is 5.18. The maximum absolute atomic E-state index is 11.3. The average molecular weight is 249 g/mol. The molecule has 0 aliphatic heterocycles. The van der Waals surface area contributed by atoms with Crippen LogP contribution in [0, 0.1) is 6.92 Å². The van der Waals surface area contributed by atoms with Gasteiger partial charge in [0, 0.05) is 12.4 Å². The molecular weight excluding hydrogens is 238 g/mol. The molecule has 0 atom stereocenters. The summed E-state index contributed by atoms with van der Waals surface area (Å²) in [7, 11) is 0. The Morgan fingerprint density at radius 3 is 3.00 bits per heavy atom. The Labute approximate surface area is 101 Å². The zero-order chi connectivity index (χ0) is 13.1. The SMILES string of the molecule is Cc1oc(CNc2ncc[nH]c2=O)cc1C(=O)O. The molecule has 2 rings (SSSR count). The molecule has 0 unspecified atom stereocenters. The molecular formula is C11H11N3O4. The van der Waals surface area contributed by atoms with Gasteiger partial charge in [-0.3, -0.25) is 4.79 Å². The van der Waals surface area contributed by atoms with Gasteiger partial charge in [-0.05, 0) is 13.0 Å². The predicted octanol–water partition coefficient (Wildman–Crippen LogP) is 0.982. The normalized spacial score (nSPS) is 10.3. The quantitative estimate of drug-likeness (QED) is 0.745. The third-order valence-corrected chi connectivity index (χ3v) is 2.34. The molecule has 94 valence electrons. The van der Waals surface area contributed by atoms with Crippen LogP contribution in [0.1, 0.15) is 21.9 Å². The minimum Gasteiger partial charge on any atom is -0.478 e. The number of aromatic carboxylic acids is 1. The number of aromatic amines is 1. The molecule has 0 saturated heterocycles. The van der Waals surface area contributed by atoms with E-state index in [-0.39, 0.29) is 23.5 Å². The van der Waals surface area contributed by atoms with Gasteiger partial charge in [-0.25, -0.2) is 9.78 Å². The van der Waals surface area contributed by atoms with Crippen LogP contribution < -0.4 is 10.9 Å². The van der Waals surface area contributed by atoms with Crippen LogP contribution in [0.5, 0.6) is 0 Å². The highest BCUT2D eigenvalue weighted by Gasteiger charge is 2.13. The molecule has 2 aromatic rings. The van der Waals surface area contributed by atoms with E-state index >= 15 is 0 Å². The summed E-state index contributed by atoms with van der Waals surface area (Å²) < 4.78 is 5.25. The minimum absolute atomic E-state index is 0.113. The lowest BCUT2D eigenvalue weighted by Crippen LogP contribution is -2.14. The summed E-state index contributed by atoms with van der Waals surface area (Å²) in [5.74, 6) is -0.134. The van der Waals surface area contributed by atoms with Crippen molar-refractivity contribution < 1.29 is 14.3 Å². The van der Waals surface area contributed by atoms with Gasteiger partial charge in [0.25, 0.3) is 5.56 Å². The molecule has 0 saturated carbocycles. The highest BCUT2D eigenvalue weighted by atomic mass is 16.4. The molecule has 2 heterocycles.